The third-order valence-corrected chi connectivity index (χ3v) is 4.83. The first-order valence-corrected chi connectivity index (χ1v) is 8.58. The molecule has 0 aromatic heterocycles. The summed E-state index contributed by atoms with van der Waals surface area (Å²) in [5.41, 5.74) is 1.18. The predicted octanol–water partition coefficient (Wildman–Crippen LogP) is -0.0325. The maximum atomic E-state index is 12.0. The van der Waals surface area contributed by atoms with Crippen LogP contribution in [0.5, 0.6) is 0 Å². The molecule has 0 aromatic carbocycles. The smallest absolute Gasteiger partial charge is 0.321 e. The molecule has 2 amide bonds. The first kappa shape index (κ1) is 15.3. The van der Waals surface area contributed by atoms with Gasteiger partial charge in [0.1, 0.15) is 0 Å². The van der Waals surface area contributed by atoms with Gasteiger partial charge in [-0.25, -0.2) is 13.2 Å². The van der Waals surface area contributed by atoms with Gasteiger partial charge in [0.05, 0.1) is 19.5 Å². The van der Waals surface area contributed by atoms with Gasteiger partial charge >= 0.3 is 6.03 Å². The van der Waals surface area contributed by atoms with Crippen molar-refractivity contribution in [3.8, 4) is 0 Å². The molecule has 0 atom stereocenters. The lowest BCUT2D eigenvalue weighted by atomic mass is 10.1. The van der Waals surface area contributed by atoms with Crippen molar-refractivity contribution in [1.29, 1.82) is 0 Å². The van der Waals surface area contributed by atoms with Crippen LogP contribution in [0, 0.1) is 0 Å². The zero-order chi connectivity index (χ0) is 14.6. The molecule has 0 bridgehead atoms. The summed E-state index contributed by atoms with van der Waals surface area (Å²) < 4.78 is 29.4. The Bertz CT molecular complexity index is 473. The van der Waals surface area contributed by atoms with Gasteiger partial charge in [0.2, 0.25) is 10.0 Å². The third-order valence-electron chi connectivity index (χ3n) is 3.53. The van der Waals surface area contributed by atoms with Gasteiger partial charge in [-0.15, -0.1) is 0 Å². The van der Waals surface area contributed by atoms with Gasteiger partial charge in [0.25, 0.3) is 0 Å². The Morgan fingerprint density at radius 3 is 2.35 bits per heavy atom. The molecule has 8 heteroatoms. The largest absolute Gasteiger partial charge is 0.381 e. The molecular weight excluding hydrogens is 282 g/mol. The van der Waals surface area contributed by atoms with Crippen molar-refractivity contribution in [1.82, 2.24) is 14.5 Å². The minimum atomic E-state index is -3.16. The topological polar surface area (TPSA) is 79.0 Å². The molecule has 2 rings (SSSR count). The van der Waals surface area contributed by atoms with Crippen LogP contribution < -0.4 is 5.32 Å². The summed E-state index contributed by atoms with van der Waals surface area (Å²) in [6.45, 7) is 2.97. The van der Waals surface area contributed by atoms with Crippen LogP contribution in [0.4, 0.5) is 4.79 Å². The van der Waals surface area contributed by atoms with E-state index in [2.05, 4.69) is 5.32 Å². The highest BCUT2D eigenvalue weighted by atomic mass is 32.2. The van der Waals surface area contributed by atoms with Crippen LogP contribution in [-0.4, -0.2) is 69.3 Å². The number of nitrogens with zero attached hydrogens (tertiary/aromatic N) is 2. The average Bonchev–Trinajstić information content (AvgIpc) is 2.45. The monoisotopic (exact) mass is 303 g/mol. The second-order valence-corrected chi connectivity index (χ2v) is 7.00. The summed E-state index contributed by atoms with van der Waals surface area (Å²) in [5.74, 6) is 0. The van der Waals surface area contributed by atoms with Crippen molar-refractivity contribution in [2.24, 2.45) is 0 Å². The Labute approximate surface area is 119 Å². The van der Waals surface area contributed by atoms with Crippen molar-refractivity contribution in [3.63, 3.8) is 0 Å². The molecule has 20 heavy (non-hydrogen) atoms. The number of hydrogen-bond donors (Lipinski definition) is 1. The number of amides is 2. The van der Waals surface area contributed by atoms with E-state index in [-0.39, 0.29) is 6.03 Å². The second-order valence-electron chi connectivity index (χ2n) is 5.01. The van der Waals surface area contributed by atoms with Crippen LogP contribution in [0.1, 0.15) is 12.8 Å². The summed E-state index contributed by atoms with van der Waals surface area (Å²) in [4.78, 5) is 13.6. The number of hydrogen-bond acceptors (Lipinski definition) is 4. The van der Waals surface area contributed by atoms with Crippen molar-refractivity contribution in [2.75, 3.05) is 45.6 Å². The Hall–Kier alpha value is -1.12. The Morgan fingerprint density at radius 2 is 1.80 bits per heavy atom. The zero-order valence-corrected chi connectivity index (χ0v) is 12.5. The van der Waals surface area contributed by atoms with Crippen molar-refractivity contribution >= 4 is 16.1 Å². The molecule has 114 valence electrons. The molecule has 0 aromatic rings. The number of urea groups is 1. The Morgan fingerprint density at radius 1 is 1.20 bits per heavy atom. The third kappa shape index (κ3) is 4.19. The van der Waals surface area contributed by atoms with Crippen LogP contribution in [0.25, 0.3) is 0 Å². The molecule has 0 saturated carbocycles. The number of carbonyl (C=O) groups is 1. The summed E-state index contributed by atoms with van der Waals surface area (Å²) in [6, 6.07) is -0.169. The highest BCUT2D eigenvalue weighted by Gasteiger charge is 2.25. The number of nitrogens with one attached hydrogen (secondary N) is 1. The van der Waals surface area contributed by atoms with Gasteiger partial charge in [0.15, 0.2) is 0 Å². The van der Waals surface area contributed by atoms with Crippen LogP contribution in [0.3, 0.4) is 0 Å². The molecule has 0 spiro atoms. The number of ether oxygens (including phenoxy) is 1. The summed E-state index contributed by atoms with van der Waals surface area (Å²) in [7, 11) is -3.16. The quantitative estimate of drug-likeness (QED) is 0.777. The van der Waals surface area contributed by atoms with Gasteiger partial charge in [-0.3, -0.25) is 0 Å². The van der Waals surface area contributed by atoms with E-state index in [4.69, 9.17) is 4.74 Å². The molecule has 7 nitrogen and oxygen atoms in total. The lowest BCUT2D eigenvalue weighted by Crippen LogP contribution is -2.52. The van der Waals surface area contributed by atoms with E-state index >= 15 is 0 Å². The van der Waals surface area contributed by atoms with Crippen LogP contribution in [0.15, 0.2) is 11.8 Å². The van der Waals surface area contributed by atoms with Crippen molar-refractivity contribution in [2.45, 2.75) is 12.8 Å². The van der Waals surface area contributed by atoms with E-state index in [9.17, 15) is 13.2 Å². The fourth-order valence-electron chi connectivity index (χ4n) is 2.26. The summed E-state index contributed by atoms with van der Waals surface area (Å²) in [5, 5.41) is 2.78. The molecule has 2 aliphatic heterocycles. The van der Waals surface area contributed by atoms with Crippen molar-refractivity contribution < 1.29 is 17.9 Å². The van der Waals surface area contributed by atoms with Gasteiger partial charge in [-0.1, -0.05) is 0 Å². The molecule has 2 fully saturated rings. The minimum absolute atomic E-state index is 0.169. The standard InChI is InChI=1S/C12H21N3O4S/c1-20(17,18)15-6-4-14(5-7-15)12(16)13-10-11-2-8-19-9-3-11/h10H,2-9H2,1H3,(H,13,16). The minimum Gasteiger partial charge on any atom is -0.381 e. The normalized spacial score (nSPS) is 21.6. The van der Waals surface area contributed by atoms with E-state index in [0.717, 1.165) is 12.8 Å². The lowest BCUT2D eigenvalue weighted by Gasteiger charge is -2.33. The molecule has 2 heterocycles. The van der Waals surface area contributed by atoms with Gasteiger partial charge in [0, 0.05) is 32.4 Å². The fourth-order valence-corrected chi connectivity index (χ4v) is 3.08. The zero-order valence-electron chi connectivity index (χ0n) is 11.7. The number of sulfonamides is 1. The lowest BCUT2D eigenvalue weighted by molar-refractivity contribution is 0.118. The molecule has 1 N–H and O–H groups in total. The Kier molecular flexibility index (Phi) is 5.00. The maximum Gasteiger partial charge on any atom is 0.321 e. The van der Waals surface area contributed by atoms with E-state index in [0.29, 0.717) is 39.4 Å². The van der Waals surface area contributed by atoms with Crippen LogP contribution in [-0.2, 0) is 14.8 Å². The highest BCUT2D eigenvalue weighted by molar-refractivity contribution is 7.88. The van der Waals surface area contributed by atoms with E-state index in [1.807, 2.05) is 0 Å². The number of carbonyl (C=O) groups excluding carboxylic acids is 1. The predicted molar refractivity (Wildman–Crippen MR) is 74.7 cm³/mol. The van der Waals surface area contributed by atoms with Gasteiger partial charge in [-0.2, -0.15) is 4.31 Å². The van der Waals surface area contributed by atoms with E-state index < -0.39 is 10.0 Å². The van der Waals surface area contributed by atoms with E-state index in [1.54, 1.807) is 11.1 Å². The van der Waals surface area contributed by atoms with Crippen LogP contribution in [0.2, 0.25) is 0 Å². The number of piperazine rings is 1. The first-order valence-electron chi connectivity index (χ1n) is 6.73. The van der Waals surface area contributed by atoms with Crippen molar-refractivity contribution in [3.05, 3.63) is 11.8 Å². The Balaban J connectivity index is 1.80. The molecule has 0 aliphatic carbocycles. The van der Waals surface area contributed by atoms with E-state index in [1.165, 1.54) is 16.1 Å². The summed E-state index contributed by atoms with van der Waals surface area (Å²) >= 11 is 0. The fraction of sp³-hybridized carbons (Fsp3) is 0.750. The maximum absolute atomic E-state index is 12.0. The molecule has 0 radical (unpaired) electrons. The molecule has 2 aliphatic rings. The molecule has 2 saturated heterocycles. The molecular formula is C12H21N3O4S. The molecule has 0 unspecified atom stereocenters. The van der Waals surface area contributed by atoms with Gasteiger partial charge in [-0.05, 0) is 18.4 Å². The second kappa shape index (κ2) is 6.55. The summed E-state index contributed by atoms with van der Waals surface area (Å²) in [6.07, 6.45) is 4.65. The average molecular weight is 303 g/mol. The first-order chi connectivity index (χ1) is 9.47. The van der Waals surface area contributed by atoms with Crippen LogP contribution >= 0.6 is 0 Å². The number of rotatable bonds is 2. The SMILES string of the molecule is CS(=O)(=O)N1CCN(C(=O)NC=C2CCOCC2)CC1. The highest BCUT2D eigenvalue weighted by Crippen LogP contribution is 2.12. The van der Waals surface area contributed by atoms with Gasteiger partial charge < -0.3 is 15.0 Å².